The Morgan fingerprint density at radius 1 is 1.00 bits per heavy atom. The number of fused-ring (bicyclic) bond motifs is 3. The minimum absolute atomic E-state index is 0.0948. The Labute approximate surface area is 216 Å². The van der Waals surface area contributed by atoms with E-state index < -0.39 is 24.8 Å². The predicted molar refractivity (Wildman–Crippen MR) is 134 cm³/mol. The molecule has 1 heterocycles. The molecule has 0 aromatic heterocycles. The average Bonchev–Trinajstić information content (AvgIpc) is 2.97. The number of hydrazine groups is 1. The molecular formula is C28H39F6N3. The second kappa shape index (κ2) is 10.9. The molecule has 37 heavy (non-hydrogen) atoms. The van der Waals surface area contributed by atoms with E-state index in [-0.39, 0.29) is 30.2 Å². The van der Waals surface area contributed by atoms with E-state index in [1.54, 1.807) is 7.05 Å². The molecule has 1 saturated heterocycles. The van der Waals surface area contributed by atoms with Crippen molar-refractivity contribution in [3.05, 3.63) is 41.0 Å². The molecule has 1 aliphatic heterocycles. The number of alkyl halides is 6. The van der Waals surface area contributed by atoms with Gasteiger partial charge in [-0.15, -0.1) is 0 Å². The van der Waals surface area contributed by atoms with Crippen LogP contribution in [0.2, 0.25) is 0 Å². The van der Waals surface area contributed by atoms with Gasteiger partial charge in [-0.2, -0.15) is 26.3 Å². The Morgan fingerprint density at radius 2 is 1.73 bits per heavy atom. The molecule has 5 atom stereocenters. The summed E-state index contributed by atoms with van der Waals surface area (Å²) in [6.07, 6.45) is 0.164. The third kappa shape index (κ3) is 6.53. The van der Waals surface area contributed by atoms with Gasteiger partial charge in [0.2, 0.25) is 0 Å². The highest BCUT2D eigenvalue weighted by Crippen LogP contribution is 2.50. The number of hydrogen-bond acceptors (Lipinski definition) is 3. The Morgan fingerprint density at radius 3 is 2.43 bits per heavy atom. The maximum Gasteiger partial charge on any atom is 0.402 e. The standard InChI is InChI=1S/C28H39F6N3/c1-26(37(3)36(2)18-27(29,30)31)23-9-8-21-7-6-19(14-22(21)16-24(26)11-10-23)4-5-20-15-25(28(32,33)34)12-13-35-17-20/h4-7,14,20,23-25,35H,8-13,15-18H2,1-3H3/b5-4+/t20?,23?,24-,25?,26?/m1/s1. The minimum Gasteiger partial charge on any atom is -0.316 e. The SMILES string of the molecule is CN(CC(F)(F)F)N(C)C1(C)C2CCc3ccc(/C=C/C4CNCCC(C(F)(F)F)C4)cc3C[C@H]1CC2. The highest BCUT2D eigenvalue weighted by molar-refractivity contribution is 5.52. The smallest absolute Gasteiger partial charge is 0.316 e. The predicted octanol–water partition coefficient (Wildman–Crippen LogP) is 6.49. The lowest BCUT2D eigenvalue weighted by molar-refractivity contribution is -0.195. The summed E-state index contributed by atoms with van der Waals surface area (Å²) in [6, 6.07) is 6.29. The molecule has 0 amide bonds. The summed E-state index contributed by atoms with van der Waals surface area (Å²) in [7, 11) is 3.30. The molecule has 2 bridgehead atoms. The van der Waals surface area contributed by atoms with Crippen molar-refractivity contribution >= 4 is 6.08 Å². The fourth-order valence-electron chi connectivity index (χ4n) is 6.93. The zero-order valence-corrected chi connectivity index (χ0v) is 21.9. The first-order valence-electron chi connectivity index (χ1n) is 13.4. The van der Waals surface area contributed by atoms with Crippen LogP contribution < -0.4 is 5.32 Å². The van der Waals surface area contributed by atoms with Crippen molar-refractivity contribution in [2.45, 2.75) is 69.8 Å². The van der Waals surface area contributed by atoms with E-state index in [4.69, 9.17) is 0 Å². The molecule has 9 heteroatoms. The van der Waals surface area contributed by atoms with E-state index in [9.17, 15) is 26.3 Å². The van der Waals surface area contributed by atoms with Gasteiger partial charge in [0.15, 0.2) is 0 Å². The molecule has 0 radical (unpaired) electrons. The molecule has 3 nitrogen and oxygen atoms in total. The van der Waals surface area contributed by atoms with Crippen LogP contribution in [0.15, 0.2) is 24.3 Å². The van der Waals surface area contributed by atoms with E-state index in [0.717, 1.165) is 37.7 Å². The highest BCUT2D eigenvalue weighted by atomic mass is 19.4. The van der Waals surface area contributed by atoms with E-state index >= 15 is 0 Å². The topological polar surface area (TPSA) is 18.5 Å². The van der Waals surface area contributed by atoms with E-state index in [0.29, 0.717) is 19.0 Å². The first kappa shape index (κ1) is 28.4. The molecule has 2 aliphatic carbocycles. The van der Waals surface area contributed by atoms with E-state index in [1.807, 2.05) is 23.2 Å². The quantitative estimate of drug-likeness (QED) is 0.346. The van der Waals surface area contributed by atoms with Gasteiger partial charge in [-0.1, -0.05) is 30.4 Å². The second-order valence-corrected chi connectivity index (χ2v) is 11.5. The highest BCUT2D eigenvalue weighted by Gasteiger charge is 2.51. The van der Waals surface area contributed by atoms with Crippen LogP contribution in [-0.4, -0.2) is 61.6 Å². The molecule has 1 aromatic carbocycles. The molecule has 4 unspecified atom stereocenters. The lowest BCUT2D eigenvalue weighted by Gasteiger charge is -2.49. The van der Waals surface area contributed by atoms with Gasteiger partial charge in [0, 0.05) is 26.2 Å². The van der Waals surface area contributed by atoms with Crippen molar-refractivity contribution in [3.63, 3.8) is 0 Å². The summed E-state index contributed by atoms with van der Waals surface area (Å²) in [6.45, 7) is 2.05. The summed E-state index contributed by atoms with van der Waals surface area (Å²) >= 11 is 0. The fraction of sp³-hybridized carbons (Fsp3) is 0.714. The lowest BCUT2D eigenvalue weighted by atomic mass is 9.73. The fourth-order valence-corrected chi connectivity index (χ4v) is 6.93. The Bertz CT molecular complexity index is 958. The van der Waals surface area contributed by atoms with Crippen LogP contribution in [0.1, 0.15) is 55.7 Å². The van der Waals surface area contributed by atoms with Gasteiger partial charge in [-0.25, -0.2) is 10.0 Å². The lowest BCUT2D eigenvalue weighted by Crippen LogP contribution is -2.59. The maximum atomic E-state index is 13.3. The number of hydrogen-bond donors (Lipinski definition) is 1. The molecule has 1 N–H and O–H groups in total. The van der Waals surface area contributed by atoms with Gasteiger partial charge in [-0.05, 0) is 92.9 Å². The third-order valence-electron chi connectivity index (χ3n) is 9.28. The molecular weight excluding hydrogens is 492 g/mol. The number of nitrogens with one attached hydrogen (secondary N) is 1. The van der Waals surface area contributed by atoms with Crippen LogP contribution in [-0.2, 0) is 12.8 Å². The van der Waals surface area contributed by atoms with Crippen LogP contribution in [0.25, 0.3) is 6.08 Å². The number of nitrogens with zero attached hydrogens (tertiary/aromatic N) is 2. The summed E-state index contributed by atoms with van der Waals surface area (Å²) in [5.41, 5.74) is 3.07. The molecule has 0 spiro atoms. The average molecular weight is 532 g/mol. The molecule has 2 fully saturated rings. The van der Waals surface area contributed by atoms with E-state index in [2.05, 4.69) is 24.4 Å². The summed E-state index contributed by atoms with van der Waals surface area (Å²) in [5.74, 6) is -0.938. The second-order valence-electron chi connectivity index (χ2n) is 11.5. The van der Waals surface area contributed by atoms with Crippen LogP contribution in [0.4, 0.5) is 26.3 Å². The zero-order valence-electron chi connectivity index (χ0n) is 21.9. The molecule has 1 saturated carbocycles. The van der Waals surface area contributed by atoms with Crippen molar-refractivity contribution in [1.82, 2.24) is 15.3 Å². The minimum atomic E-state index is -4.26. The first-order chi connectivity index (χ1) is 17.3. The van der Waals surface area contributed by atoms with Crippen LogP contribution >= 0.6 is 0 Å². The normalized spacial score (nSPS) is 31.4. The van der Waals surface area contributed by atoms with Crippen molar-refractivity contribution in [1.29, 1.82) is 0 Å². The molecule has 208 valence electrons. The third-order valence-corrected chi connectivity index (χ3v) is 9.28. The molecule has 4 rings (SSSR count). The maximum absolute atomic E-state index is 13.3. The zero-order chi connectivity index (χ0) is 27.0. The Kier molecular flexibility index (Phi) is 8.37. The number of aryl methyl sites for hydroxylation is 1. The van der Waals surface area contributed by atoms with Crippen LogP contribution in [0.3, 0.4) is 0 Å². The van der Waals surface area contributed by atoms with Crippen molar-refractivity contribution in [2.24, 2.45) is 23.7 Å². The summed E-state index contributed by atoms with van der Waals surface area (Å²) < 4.78 is 79.4. The summed E-state index contributed by atoms with van der Waals surface area (Å²) in [5, 5.41) is 6.27. The van der Waals surface area contributed by atoms with E-state index in [1.165, 1.54) is 23.2 Å². The number of halogens is 6. The van der Waals surface area contributed by atoms with Gasteiger partial charge in [0.05, 0.1) is 5.92 Å². The molecule has 3 aliphatic rings. The molecule has 1 aromatic rings. The van der Waals surface area contributed by atoms with Gasteiger partial charge in [0.25, 0.3) is 0 Å². The van der Waals surface area contributed by atoms with Crippen molar-refractivity contribution in [3.8, 4) is 0 Å². The number of benzene rings is 1. The van der Waals surface area contributed by atoms with Gasteiger partial charge in [-0.3, -0.25) is 0 Å². The summed E-state index contributed by atoms with van der Waals surface area (Å²) in [4.78, 5) is 0. The van der Waals surface area contributed by atoms with Crippen LogP contribution in [0.5, 0.6) is 0 Å². The monoisotopic (exact) mass is 531 g/mol. The Hall–Kier alpha value is -1.58. The van der Waals surface area contributed by atoms with Gasteiger partial charge in [0.1, 0.15) is 6.54 Å². The van der Waals surface area contributed by atoms with Crippen LogP contribution in [0, 0.1) is 23.7 Å². The van der Waals surface area contributed by atoms with Gasteiger partial charge >= 0.3 is 12.4 Å². The number of rotatable bonds is 5. The van der Waals surface area contributed by atoms with Gasteiger partial charge < -0.3 is 5.32 Å². The Balaban J connectivity index is 1.52. The largest absolute Gasteiger partial charge is 0.402 e. The first-order valence-corrected chi connectivity index (χ1v) is 13.4. The van der Waals surface area contributed by atoms with Crippen molar-refractivity contribution < 1.29 is 26.3 Å². The van der Waals surface area contributed by atoms with Crippen molar-refractivity contribution in [2.75, 3.05) is 33.7 Å².